The van der Waals surface area contributed by atoms with Gasteiger partial charge in [0.15, 0.2) is 5.54 Å². The molecular weight excluding hydrogens is 150 g/mol. The number of ether oxygens (including phenoxy) is 2. The predicted octanol–water partition coefficient (Wildman–Crippen LogP) is -0.342. The minimum Gasteiger partial charge on any atom is -0.467 e. The molecule has 5 nitrogen and oxygen atoms in total. The van der Waals surface area contributed by atoms with Crippen LogP contribution in [0.3, 0.4) is 0 Å². The molecule has 1 heterocycles. The molecule has 1 fully saturated rings. The Kier molecular flexibility index (Phi) is 1.72. The van der Waals surface area contributed by atoms with Gasteiger partial charge in [0.1, 0.15) is 6.61 Å². The SMILES string of the molecule is COC(=O)[C@]1(C)COC(=O)N1. The highest BCUT2D eigenvalue weighted by Gasteiger charge is 2.42. The van der Waals surface area contributed by atoms with Crippen molar-refractivity contribution in [3.63, 3.8) is 0 Å². The summed E-state index contributed by atoms with van der Waals surface area (Å²) in [5, 5.41) is 2.35. The van der Waals surface area contributed by atoms with E-state index in [1.807, 2.05) is 0 Å². The first kappa shape index (κ1) is 7.84. The molecule has 1 N–H and O–H groups in total. The Labute approximate surface area is 63.7 Å². The average molecular weight is 159 g/mol. The van der Waals surface area contributed by atoms with Crippen LogP contribution in [0.4, 0.5) is 4.79 Å². The Morgan fingerprint density at radius 1 is 1.82 bits per heavy atom. The van der Waals surface area contributed by atoms with Gasteiger partial charge in [0.05, 0.1) is 7.11 Å². The third-order valence-electron chi connectivity index (χ3n) is 1.51. The van der Waals surface area contributed by atoms with Crippen LogP contribution in [0.1, 0.15) is 6.92 Å². The zero-order valence-corrected chi connectivity index (χ0v) is 6.34. The minimum atomic E-state index is -1.01. The molecular formula is C6H9NO4. The number of carbonyl (C=O) groups excluding carboxylic acids is 2. The Balaban J connectivity index is 2.69. The van der Waals surface area contributed by atoms with Crippen molar-refractivity contribution in [1.29, 1.82) is 0 Å². The lowest BCUT2D eigenvalue weighted by Gasteiger charge is -2.16. The number of rotatable bonds is 1. The molecule has 1 atom stereocenters. The highest BCUT2D eigenvalue weighted by molar-refractivity contribution is 5.87. The van der Waals surface area contributed by atoms with Crippen LogP contribution in [0, 0.1) is 0 Å². The first-order valence-corrected chi connectivity index (χ1v) is 3.12. The summed E-state index contributed by atoms with van der Waals surface area (Å²) in [4.78, 5) is 21.5. The zero-order chi connectivity index (χ0) is 8.48. The molecule has 0 aromatic carbocycles. The van der Waals surface area contributed by atoms with E-state index >= 15 is 0 Å². The Hall–Kier alpha value is -1.26. The first-order valence-electron chi connectivity index (χ1n) is 3.12. The van der Waals surface area contributed by atoms with Gasteiger partial charge in [-0.1, -0.05) is 0 Å². The predicted molar refractivity (Wildman–Crippen MR) is 34.9 cm³/mol. The summed E-state index contributed by atoms with van der Waals surface area (Å²) in [5.41, 5.74) is -1.01. The largest absolute Gasteiger partial charge is 0.467 e. The molecule has 0 saturated carbocycles. The van der Waals surface area contributed by atoms with Crippen molar-refractivity contribution in [1.82, 2.24) is 5.32 Å². The van der Waals surface area contributed by atoms with Crippen molar-refractivity contribution in [2.24, 2.45) is 0 Å². The normalized spacial score (nSPS) is 29.1. The van der Waals surface area contributed by atoms with E-state index in [-0.39, 0.29) is 6.61 Å². The lowest BCUT2D eigenvalue weighted by atomic mass is 10.1. The fourth-order valence-corrected chi connectivity index (χ4v) is 0.843. The van der Waals surface area contributed by atoms with Crippen LogP contribution in [-0.4, -0.2) is 31.3 Å². The molecule has 1 rings (SSSR count). The summed E-state index contributed by atoms with van der Waals surface area (Å²) in [6, 6.07) is 0. The van der Waals surface area contributed by atoms with Crippen LogP contribution in [0.25, 0.3) is 0 Å². The molecule has 0 aromatic heterocycles. The molecule has 0 bridgehead atoms. The summed E-state index contributed by atoms with van der Waals surface area (Å²) < 4.78 is 8.99. The number of amides is 1. The summed E-state index contributed by atoms with van der Waals surface area (Å²) in [6.45, 7) is 1.57. The molecule has 11 heavy (non-hydrogen) atoms. The molecule has 5 heteroatoms. The molecule has 1 saturated heterocycles. The van der Waals surface area contributed by atoms with Gasteiger partial charge >= 0.3 is 12.1 Å². The number of carbonyl (C=O) groups is 2. The highest BCUT2D eigenvalue weighted by Crippen LogP contribution is 2.12. The van der Waals surface area contributed by atoms with E-state index in [1.54, 1.807) is 6.92 Å². The van der Waals surface area contributed by atoms with Crippen LogP contribution < -0.4 is 5.32 Å². The fraction of sp³-hybridized carbons (Fsp3) is 0.667. The quantitative estimate of drug-likeness (QED) is 0.531. The van der Waals surface area contributed by atoms with Gasteiger partial charge in [-0.05, 0) is 6.92 Å². The van der Waals surface area contributed by atoms with Crippen LogP contribution >= 0.6 is 0 Å². The molecule has 0 aliphatic carbocycles. The van der Waals surface area contributed by atoms with Gasteiger partial charge < -0.3 is 14.8 Å². The molecule has 1 aliphatic rings. The third kappa shape index (κ3) is 1.26. The van der Waals surface area contributed by atoms with Crippen molar-refractivity contribution in [3.05, 3.63) is 0 Å². The van der Waals surface area contributed by atoms with Gasteiger partial charge in [-0.2, -0.15) is 0 Å². The number of cyclic esters (lactones) is 1. The maximum Gasteiger partial charge on any atom is 0.408 e. The number of esters is 1. The van der Waals surface area contributed by atoms with E-state index < -0.39 is 17.6 Å². The number of hydrogen-bond acceptors (Lipinski definition) is 4. The van der Waals surface area contributed by atoms with E-state index in [1.165, 1.54) is 7.11 Å². The number of methoxy groups -OCH3 is 1. The Morgan fingerprint density at radius 2 is 2.45 bits per heavy atom. The standard InChI is InChI=1S/C6H9NO4/c1-6(4(8)10-2)3-11-5(9)7-6/h3H2,1-2H3,(H,7,9)/t6-/m0/s1. The molecule has 0 aromatic rings. The van der Waals surface area contributed by atoms with Crippen LogP contribution in [0.15, 0.2) is 0 Å². The second-order valence-corrected chi connectivity index (χ2v) is 2.52. The van der Waals surface area contributed by atoms with Crippen molar-refractivity contribution < 1.29 is 19.1 Å². The van der Waals surface area contributed by atoms with Crippen molar-refractivity contribution in [2.45, 2.75) is 12.5 Å². The fourth-order valence-electron chi connectivity index (χ4n) is 0.843. The van der Waals surface area contributed by atoms with Crippen molar-refractivity contribution in [2.75, 3.05) is 13.7 Å². The lowest BCUT2D eigenvalue weighted by Crippen LogP contribution is -2.48. The van der Waals surface area contributed by atoms with Gasteiger partial charge in [0.2, 0.25) is 0 Å². The summed E-state index contributed by atoms with van der Waals surface area (Å²) >= 11 is 0. The maximum absolute atomic E-state index is 11.0. The molecule has 1 amide bonds. The van der Waals surface area contributed by atoms with Gasteiger partial charge in [-0.3, -0.25) is 0 Å². The summed E-state index contributed by atoms with van der Waals surface area (Å²) in [6.07, 6.45) is -0.585. The smallest absolute Gasteiger partial charge is 0.408 e. The average Bonchev–Trinajstić information content (AvgIpc) is 2.31. The van der Waals surface area contributed by atoms with Crippen LogP contribution in [0.2, 0.25) is 0 Å². The van der Waals surface area contributed by atoms with Gasteiger partial charge in [0.25, 0.3) is 0 Å². The van der Waals surface area contributed by atoms with E-state index in [2.05, 4.69) is 14.8 Å². The highest BCUT2D eigenvalue weighted by atomic mass is 16.6. The first-order chi connectivity index (χ1) is 5.08. The van der Waals surface area contributed by atoms with Crippen LogP contribution in [0.5, 0.6) is 0 Å². The van der Waals surface area contributed by atoms with Crippen molar-refractivity contribution in [3.8, 4) is 0 Å². The van der Waals surface area contributed by atoms with Gasteiger partial charge in [0, 0.05) is 0 Å². The van der Waals surface area contributed by atoms with E-state index in [9.17, 15) is 9.59 Å². The molecule has 62 valence electrons. The van der Waals surface area contributed by atoms with E-state index in [0.29, 0.717) is 0 Å². The summed E-state index contributed by atoms with van der Waals surface area (Å²) in [5.74, 6) is -0.497. The Morgan fingerprint density at radius 3 is 2.82 bits per heavy atom. The minimum absolute atomic E-state index is 0.0263. The molecule has 0 spiro atoms. The second-order valence-electron chi connectivity index (χ2n) is 2.52. The van der Waals surface area contributed by atoms with E-state index in [4.69, 9.17) is 0 Å². The topological polar surface area (TPSA) is 64.6 Å². The summed E-state index contributed by atoms with van der Waals surface area (Å²) in [7, 11) is 1.26. The lowest BCUT2D eigenvalue weighted by molar-refractivity contribution is -0.147. The monoisotopic (exact) mass is 159 g/mol. The molecule has 0 unspecified atom stereocenters. The third-order valence-corrected chi connectivity index (χ3v) is 1.51. The Bertz CT molecular complexity index is 203. The van der Waals surface area contributed by atoms with Crippen LogP contribution in [-0.2, 0) is 14.3 Å². The van der Waals surface area contributed by atoms with Gasteiger partial charge in [-0.15, -0.1) is 0 Å². The number of hydrogen-bond donors (Lipinski definition) is 1. The zero-order valence-electron chi connectivity index (χ0n) is 6.34. The number of alkyl carbamates (subject to hydrolysis) is 1. The van der Waals surface area contributed by atoms with Gasteiger partial charge in [-0.25, -0.2) is 9.59 Å². The van der Waals surface area contributed by atoms with Crippen molar-refractivity contribution >= 4 is 12.1 Å². The maximum atomic E-state index is 11.0. The molecule has 1 aliphatic heterocycles. The second kappa shape index (κ2) is 2.41. The van der Waals surface area contributed by atoms with E-state index in [0.717, 1.165) is 0 Å². The number of nitrogens with one attached hydrogen (secondary N) is 1. The molecule has 0 radical (unpaired) electrons.